The maximum absolute atomic E-state index is 12.7. The molecule has 23 heavy (non-hydrogen) atoms. The number of phenols is 1. The SMILES string of the molecule is Oc1c(Br)cc(Br)cc1/C=N/Nc1cc(C(F)(F)F)ccc1Cl. The van der Waals surface area contributed by atoms with Crippen molar-refractivity contribution in [2.24, 2.45) is 5.10 Å². The molecule has 122 valence electrons. The topological polar surface area (TPSA) is 44.6 Å². The van der Waals surface area contributed by atoms with Gasteiger partial charge in [-0.25, -0.2) is 0 Å². The van der Waals surface area contributed by atoms with Crippen LogP contribution in [0.4, 0.5) is 18.9 Å². The van der Waals surface area contributed by atoms with Crippen molar-refractivity contribution in [1.82, 2.24) is 0 Å². The minimum atomic E-state index is -4.47. The number of anilines is 1. The van der Waals surface area contributed by atoms with Crippen molar-refractivity contribution in [1.29, 1.82) is 0 Å². The van der Waals surface area contributed by atoms with E-state index in [0.29, 0.717) is 14.5 Å². The maximum Gasteiger partial charge on any atom is 0.416 e. The number of aromatic hydroxyl groups is 1. The summed E-state index contributed by atoms with van der Waals surface area (Å²) in [5.74, 6) is -0.0473. The van der Waals surface area contributed by atoms with Crippen LogP contribution in [0, 0.1) is 0 Å². The van der Waals surface area contributed by atoms with Crippen LogP contribution in [0.3, 0.4) is 0 Å². The highest BCUT2D eigenvalue weighted by Crippen LogP contribution is 2.34. The molecule has 0 aliphatic rings. The predicted molar refractivity (Wildman–Crippen MR) is 91.2 cm³/mol. The van der Waals surface area contributed by atoms with Crippen molar-refractivity contribution in [3.63, 3.8) is 0 Å². The summed E-state index contributed by atoms with van der Waals surface area (Å²) in [5.41, 5.74) is 1.96. The molecule has 0 aliphatic carbocycles. The van der Waals surface area contributed by atoms with Crippen molar-refractivity contribution in [2.75, 3.05) is 5.43 Å². The van der Waals surface area contributed by atoms with Crippen LogP contribution in [0.2, 0.25) is 5.02 Å². The van der Waals surface area contributed by atoms with E-state index in [4.69, 9.17) is 11.6 Å². The molecule has 0 heterocycles. The molecular formula is C14H8Br2ClF3N2O. The second-order valence-corrected chi connectivity index (χ2v) is 6.57. The number of alkyl halides is 3. The van der Waals surface area contributed by atoms with Gasteiger partial charge >= 0.3 is 6.18 Å². The third-order valence-electron chi connectivity index (χ3n) is 2.74. The van der Waals surface area contributed by atoms with E-state index in [1.165, 1.54) is 6.21 Å². The summed E-state index contributed by atoms with van der Waals surface area (Å²) in [5, 5.41) is 13.8. The van der Waals surface area contributed by atoms with Gasteiger partial charge in [-0.3, -0.25) is 5.43 Å². The fourth-order valence-corrected chi connectivity index (χ4v) is 3.06. The van der Waals surface area contributed by atoms with Crippen LogP contribution in [0.1, 0.15) is 11.1 Å². The number of benzene rings is 2. The van der Waals surface area contributed by atoms with Crippen molar-refractivity contribution in [3.8, 4) is 5.75 Å². The Balaban J connectivity index is 2.24. The van der Waals surface area contributed by atoms with Gasteiger partial charge in [-0.2, -0.15) is 18.3 Å². The van der Waals surface area contributed by atoms with E-state index in [-0.39, 0.29) is 16.5 Å². The van der Waals surface area contributed by atoms with Gasteiger partial charge in [0.25, 0.3) is 0 Å². The summed E-state index contributed by atoms with van der Waals surface area (Å²) >= 11 is 12.3. The number of hydrogen-bond acceptors (Lipinski definition) is 3. The van der Waals surface area contributed by atoms with Gasteiger partial charge in [-0.1, -0.05) is 27.5 Å². The molecule has 0 aliphatic heterocycles. The Morgan fingerprint density at radius 3 is 2.52 bits per heavy atom. The van der Waals surface area contributed by atoms with E-state index in [1.54, 1.807) is 12.1 Å². The largest absolute Gasteiger partial charge is 0.506 e. The van der Waals surface area contributed by atoms with Crippen LogP contribution in [-0.4, -0.2) is 11.3 Å². The number of hydrogen-bond donors (Lipinski definition) is 2. The molecule has 0 spiro atoms. The Bertz CT molecular complexity index is 766. The fourth-order valence-electron chi connectivity index (χ4n) is 1.64. The number of phenolic OH excluding ortho intramolecular Hbond substituents is 1. The molecule has 0 amide bonds. The smallest absolute Gasteiger partial charge is 0.416 e. The minimum absolute atomic E-state index is 0.00583. The second kappa shape index (κ2) is 7.11. The highest BCUT2D eigenvalue weighted by atomic mass is 79.9. The van der Waals surface area contributed by atoms with E-state index in [0.717, 1.165) is 18.2 Å². The zero-order valence-electron chi connectivity index (χ0n) is 11.1. The van der Waals surface area contributed by atoms with Crippen LogP contribution >= 0.6 is 43.5 Å². The summed E-state index contributed by atoms with van der Waals surface area (Å²) in [6.45, 7) is 0. The normalized spacial score (nSPS) is 11.9. The first-order chi connectivity index (χ1) is 10.7. The summed E-state index contributed by atoms with van der Waals surface area (Å²) in [6, 6.07) is 6.11. The Labute approximate surface area is 151 Å². The maximum atomic E-state index is 12.7. The Morgan fingerprint density at radius 2 is 1.87 bits per heavy atom. The quantitative estimate of drug-likeness (QED) is 0.423. The second-order valence-electron chi connectivity index (χ2n) is 4.39. The summed E-state index contributed by atoms with van der Waals surface area (Å²) in [7, 11) is 0. The molecule has 9 heteroatoms. The zero-order chi connectivity index (χ0) is 17.2. The molecule has 0 bridgehead atoms. The Kier molecular flexibility index (Phi) is 5.59. The first kappa shape index (κ1) is 18.1. The lowest BCUT2D eigenvalue weighted by atomic mass is 10.2. The lowest BCUT2D eigenvalue weighted by molar-refractivity contribution is -0.137. The standard InChI is InChI=1S/C14H8Br2ClF3N2O/c15-9-3-7(13(23)10(16)5-9)6-21-22-12-4-8(14(18,19)20)1-2-11(12)17/h1-6,22-23H/b21-6+. The van der Waals surface area contributed by atoms with Crippen LogP contribution < -0.4 is 5.43 Å². The molecule has 0 radical (unpaired) electrons. The first-order valence-electron chi connectivity index (χ1n) is 6.02. The monoisotopic (exact) mass is 470 g/mol. The van der Waals surface area contributed by atoms with Crippen LogP contribution in [0.25, 0.3) is 0 Å². The number of nitrogens with one attached hydrogen (secondary N) is 1. The molecule has 0 saturated carbocycles. The molecule has 0 unspecified atom stereocenters. The summed E-state index contributed by atoms with van der Waals surface area (Å²) < 4.78 is 39.2. The third-order valence-corrected chi connectivity index (χ3v) is 4.13. The van der Waals surface area contributed by atoms with Gasteiger partial charge in [0.15, 0.2) is 0 Å². The average molecular weight is 472 g/mol. The molecule has 2 N–H and O–H groups in total. The summed E-state index contributed by atoms with van der Waals surface area (Å²) in [6.07, 6.45) is -3.21. The first-order valence-corrected chi connectivity index (χ1v) is 7.98. The Hall–Kier alpha value is -1.25. The molecule has 2 aromatic carbocycles. The van der Waals surface area contributed by atoms with Gasteiger partial charge in [0.1, 0.15) is 5.75 Å². The molecule has 2 aromatic rings. The highest BCUT2D eigenvalue weighted by molar-refractivity contribution is 9.11. The molecule has 0 saturated heterocycles. The molecule has 0 aromatic heterocycles. The van der Waals surface area contributed by atoms with E-state index in [2.05, 4.69) is 42.4 Å². The van der Waals surface area contributed by atoms with Gasteiger partial charge in [-0.05, 0) is 46.3 Å². The summed E-state index contributed by atoms with van der Waals surface area (Å²) in [4.78, 5) is 0. The van der Waals surface area contributed by atoms with Gasteiger partial charge in [-0.15, -0.1) is 0 Å². The molecular weight excluding hydrogens is 464 g/mol. The number of halogens is 6. The van der Waals surface area contributed by atoms with Gasteiger partial charge in [0, 0.05) is 10.0 Å². The highest BCUT2D eigenvalue weighted by Gasteiger charge is 2.30. The minimum Gasteiger partial charge on any atom is -0.506 e. The van der Waals surface area contributed by atoms with Gasteiger partial charge in [0.05, 0.1) is 27.0 Å². The molecule has 0 atom stereocenters. The van der Waals surface area contributed by atoms with Crippen molar-refractivity contribution in [2.45, 2.75) is 6.18 Å². The van der Waals surface area contributed by atoms with E-state index >= 15 is 0 Å². The number of nitrogens with zero attached hydrogens (tertiary/aromatic N) is 1. The molecule has 2 rings (SSSR count). The van der Waals surface area contributed by atoms with Crippen molar-refractivity contribution < 1.29 is 18.3 Å². The number of rotatable bonds is 3. The lowest BCUT2D eigenvalue weighted by Gasteiger charge is -2.10. The fraction of sp³-hybridized carbons (Fsp3) is 0.0714. The average Bonchev–Trinajstić information content (AvgIpc) is 2.44. The van der Waals surface area contributed by atoms with Crippen LogP contribution in [0.15, 0.2) is 44.4 Å². The van der Waals surface area contributed by atoms with E-state index in [9.17, 15) is 18.3 Å². The zero-order valence-corrected chi connectivity index (χ0v) is 15.1. The van der Waals surface area contributed by atoms with Gasteiger partial charge < -0.3 is 5.11 Å². The third kappa shape index (κ3) is 4.62. The van der Waals surface area contributed by atoms with Crippen molar-refractivity contribution >= 4 is 55.4 Å². The van der Waals surface area contributed by atoms with Crippen LogP contribution in [-0.2, 0) is 6.18 Å². The predicted octanol–water partition coefficient (Wildman–Crippen LogP) is 6.04. The molecule has 3 nitrogen and oxygen atoms in total. The number of hydrazone groups is 1. The van der Waals surface area contributed by atoms with Crippen molar-refractivity contribution in [3.05, 3.63) is 55.4 Å². The van der Waals surface area contributed by atoms with Crippen LogP contribution in [0.5, 0.6) is 5.75 Å². The Morgan fingerprint density at radius 1 is 1.17 bits per heavy atom. The van der Waals surface area contributed by atoms with E-state index < -0.39 is 11.7 Å². The lowest BCUT2D eigenvalue weighted by Crippen LogP contribution is -2.05. The van der Waals surface area contributed by atoms with E-state index in [1.807, 2.05) is 0 Å². The molecule has 0 fully saturated rings. The van der Waals surface area contributed by atoms with Gasteiger partial charge in [0.2, 0.25) is 0 Å².